The van der Waals surface area contributed by atoms with Gasteiger partial charge in [-0.1, -0.05) is 11.6 Å². The minimum atomic E-state index is -0.160. The Hall–Kier alpha value is -3.19. The fourth-order valence-corrected chi connectivity index (χ4v) is 3.26. The molecule has 1 amide bonds. The van der Waals surface area contributed by atoms with Gasteiger partial charge >= 0.3 is 0 Å². The van der Waals surface area contributed by atoms with Crippen molar-refractivity contribution < 1.29 is 9.53 Å². The number of pyridine rings is 3. The van der Waals surface area contributed by atoms with Crippen LogP contribution >= 0.6 is 11.6 Å². The third-order valence-corrected chi connectivity index (χ3v) is 4.72. The van der Waals surface area contributed by atoms with Crippen LogP contribution in [-0.4, -0.2) is 34.5 Å². The van der Waals surface area contributed by atoms with Crippen molar-refractivity contribution in [2.75, 3.05) is 23.4 Å². The molecule has 0 bridgehead atoms. The monoisotopic (exact) mass is 395 g/mol. The topological polar surface area (TPSA) is 71.5 Å². The van der Waals surface area contributed by atoms with Crippen molar-refractivity contribution in [2.45, 2.75) is 13.5 Å². The number of rotatable bonds is 4. The number of carbonyl (C=O) groups excluding carboxylic acids is 1. The van der Waals surface area contributed by atoms with Crippen molar-refractivity contribution >= 4 is 34.8 Å². The summed E-state index contributed by atoms with van der Waals surface area (Å²) in [5.74, 6) is 1.66. The molecule has 0 N–H and O–H groups in total. The van der Waals surface area contributed by atoms with E-state index in [-0.39, 0.29) is 12.5 Å². The van der Waals surface area contributed by atoms with Crippen molar-refractivity contribution in [1.82, 2.24) is 15.0 Å². The highest BCUT2D eigenvalue weighted by atomic mass is 35.5. The van der Waals surface area contributed by atoms with E-state index >= 15 is 0 Å². The first-order chi connectivity index (χ1) is 13.6. The van der Waals surface area contributed by atoms with E-state index in [2.05, 4.69) is 15.0 Å². The highest BCUT2D eigenvalue weighted by Gasteiger charge is 2.31. The fraction of sp³-hybridized carbons (Fsp3) is 0.200. The standard InChI is InChI=1S/C20H18ClN5O2/c1-3-26-18-15(20(27)25(2)16-6-7-17(21)24-19(16)26)9-13(10-23-18)12-28-14-5-4-8-22-11-14/h4-11H,3,12H2,1-2H3. The average molecular weight is 396 g/mol. The summed E-state index contributed by atoms with van der Waals surface area (Å²) >= 11 is 6.10. The van der Waals surface area contributed by atoms with Gasteiger partial charge in [-0.25, -0.2) is 9.97 Å². The number of halogens is 1. The second kappa shape index (κ2) is 7.44. The van der Waals surface area contributed by atoms with Crippen molar-refractivity contribution in [2.24, 2.45) is 0 Å². The zero-order chi connectivity index (χ0) is 19.7. The second-order valence-electron chi connectivity index (χ2n) is 6.28. The molecule has 3 aromatic rings. The molecule has 0 saturated carbocycles. The molecule has 7 nitrogen and oxygen atoms in total. The van der Waals surface area contributed by atoms with Crippen molar-refractivity contribution in [3.8, 4) is 5.75 Å². The van der Waals surface area contributed by atoms with Crippen LogP contribution in [0.25, 0.3) is 0 Å². The van der Waals surface area contributed by atoms with Gasteiger partial charge in [0.15, 0.2) is 5.82 Å². The van der Waals surface area contributed by atoms with E-state index in [1.54, 1.807) is 48.7 Å². The molecule has 0 aliphatic carbocycles. The van der Waals surface area contributed by atoms with Crippen LogP contribution in [0.4, 0.5) is 17.3 Å². The Morgan fingerprint density at radius 3 is 2.79 bits per heavy atom. The second-order valence-corrected chi connectivity index (χ2v) is 6.66. The molecule has 28 heavy (non-hydrogen) atoms. The van der Waals surface area contributed by atoms with Gasteiger partial charge in [0.2, 0.25) is 0 Å². The third kappa shape index (κ3) is 3.25. The first-order valence-electron chi connectivity index (χ1n) is 8.82. The van der Waals surface area contributed by atoms with Crippen molar-refractivity contribution in [1.29, 1.82) is 0 Å². The van der Waals surface area contributed by atoms with Crippen LogP contribution in [-0.2, 0) is 6.61 Å². The van der Waals surface area contributed by atoms with Crippen LogP contribution < -0.4 is 14.5 Å². The van der Waals surface area contributed by atoms with Gasteiger partial charge in [0.25, 0.3) is 5.91 Å². The summed E-state index contributed by atoms with van der Waals surface area (Å²) in [6, 6.07) is 8.91. The Labute approximate surface area is 167 Å². The van der Waals surface area contributed by atoms with E-state index in [4.69, 9.17) is 16.3 Å². The number of carbonyl (C=O) groups is 1. The summed E-state index contributed by atoms with van der Waals surface area (Å²) < 4.78 is 5.74. The third-order valence-electron chi connectivity index (χ3n) is 4.51. The van der Waals surface area contributed by atoms with Crippen molar-refractivity contribution in [3.05, 3.63) is 65.2 Å². The number of aromatic nitrogens is 3. The Bertz CT molecular complexity index is 1030. The molecule has 4 rings (SSSR count). The predicted molar refractivity (Wildman–Crippen MR) is 107 cm³/mol. The summed E-state index contributed by atoms with van der Waals surface area (Å²) in [4.78, 5) is 29.6. The molecule has 0 unspecified atom stereocenters. The Morgan fingerprint density at radius 2 is 2.04 bits per heavy atom. The van der Waals surface area contributed by atoms with E-state index in [1.807, 2.05) is 24.0 Å². The van der Waals surface area contributed by atoms with Crippen LogP contribution in [0.1, 0.15) is 22.8 Å². The van der Waals surface area contributed by atoms with Crippen LogP contribution in [0.15, 0.2) is 48.9 Å². The maximum Gasteiger partial charge on any atom is 0.261 e. The van der Waals surface area contributed by atoms with Gasteiger partial charge in [0.1, 0.15) is 23.3 Å². The smallest absolute Gasteiger partial charge is 0.261 e. The molecule has 0 aromatic carbocycles. The highest BCUT2D eigenvalue weighted by molar-refractivity contribution is 6.29. The molecule has 1 aliphatic rings. The quantitative estimate of drug-likeness (QED) is 0.625. The van der Waals surface area contributed by atoms with Gasteiger partial charge < -0.3 is 14.5 Å². The molecular weight excluding hydrogens is 378 g/mol. The molecule has 0 atom stereocenters. The molecule has 1 aliphatic heterocycles. The highest BCUT2D eigenvalue weighted by Crippen LogP contribution is 2.38. The van der Waals surface area contributed by atoms with E-state index in [9.17, 15) is 4.79 Å². The normalized spacial score (nSPS) is 13.0. The lowest BCUT2D eigenvalue weighted by Gasteiger charge is -2.23. The van der Waals surface area contributed by atoms with Gasteiger partial charge in [-0.2, -0.15) is 0 Å². The maximum atomic E-state index is 13.1. The largest absolute Gasteiger partial charge is 0.487 e. The molecule has 0 fully saturated rings. The lowest BCUT2D eigenvalue weighted by atomic mass is 10.1. The minimum Gasteiger partial charge on any atom is -0.487 e. The molecule has 142 valence electrons. The molecule has 0 radical (unpaired) electrons. The summed E-state index contributed by atoms with van der Waals surface area (Å²) in [5.41, 5.74) is 1.96. The molecule has 0 spiro atoms. The van der Waals surface area contributed by atoms with E-state index in [0.29, 0.717) is 40.3 Å². The lowest BCUT2D eigenvalue weighted by molar-refractivity contribution is 0.0994. The van der Waals surface area contributed by atoms with Gasteiger partial charge in [-0.15, -0.1) is 0 Å². The Morgan fingerprint density at radius 1 is 1.18 bits per heavy atom. The molecule has 8 heteroatoms. The number of nitrogens with zero attached hydrogens (tertiary/aromatic N) is 5. The maximum absolute atomic E-state index is 13.1. The van der Waals surface area contributed by atoms with E-state index < -0.39 is 0 Å². The predicted octanol–water partition coefficient (Wildman–Crippen LogP) is 3.85. The number of fused-ring (bicyclic) bond motifs is 2. The zero-order valence-electron chi connectivity index (χ0n) is 15.5. The first-order valence-corrected chi connectivity index (χ1v) is 9.20. The van der Waals surface area contributed by atoms with Gasteiger partial charge in [-0.05, 0) is 37.3 Å². The van der Waals surface area contributed by atoms with Crippen LogP contribution in [0.3, 0.4) is 0 Å². The zero-order valence-corrected chi connectivity index (χ0v) is 16.2. The van der Waals surface area contributed by atoms with Crippen LogP contribution in [0.2, 0.25) is 5.15 Å². The van der Waals surface area contributed by atoms with Crippen LogP contribution in [0.5, 0.6) is 5.75 Å². The molecule has 3 aromatic heterocycles. The summed E-state index contributed by atoms with van der Waals surface area (Å²) in [5, 5.41) is 0.364. The minimum absolute atomic E-state index is 0.160. The SMILES string of the molecule is CCN1c2ncc(COc3cccnc3)cc2C(=O)N(C)c2ccc(Cl)nc21. The van der Waals surface area contributed by atoms with E-state index in [0.717, 1.165) is 5.56 Å². The molecule has 0 saturated heterocycles. The number of anilines is 3. The first kappa shape index (κ1) is 18.2. The fourth-order valence-electron chi connectivity index (χ4n) is 3.12. The lowest BCUT2D eigenvalue weighted by Crippen LogP contribution is -2.25. The molecular formula is C20H18ClN5O2. The number of hydrogen-bond donors (Lipinski definition) is 0. The number of amides is 1. The summed E-state index contributed by atoms with van der Waals surface area (Å²) in [7, 11) is 1.72. The van der Waals surface area contributed by atoms with Crippen molar-refractivity contribution in [3.63, 3.8) is 0 Å². The Kier molecular flexibility index (Phi) is 4.83. The van der Waals surface area contributed by atoms with Gasteiger partial charge in [0.05, 0.1) is 17.4 Å². The van der Waals surface area contributed by atoms with E-state index in [1.165, 1.54) is 0 Å². The molecule has 4 heterocycles. The van der Waals surface area contributed by atoms with Crippen LogP contribution in [0, 0.1) is 0 Å². The summed E-state index contributed by atoms with van der Waals surface area (Å²) in [6.07, 6.45) is 5.03. The Balaban J connectivity index is 1.73. The summed E-state index contributed by atoms with van der Waals surface area (Å²) in [6.45, 7) is 2.85. The average Bonchev–Trinajstić information content (AvgIpc) is 2.80. The number of hydrogen-bond acceptors (Lipinski definition) is 6. The van der Waals surface area contributed by atoms with Gasteiger partial charge in [-0.3, -0.25) is 9.78 Å². The number of ether oxygens (including phenoxy) is 1. The van der Waals surface area contributed by atoms with Gasteiger partial charge in [0, 0.05) is 31.5 Å².